The van der Waals surface area contributed by atoms with Crippen LogP contribution in [-0.4, -0.2) is 108 Å². The van der Waals surface area contributed by atoms with Crippen molar-refractivity contribution in [1.82, 2.24) is 19.6 Å². The van der Waals surface area contributed by atoms with Gasteiger partial charge in [-0.15, -0.1) is 0 Å². The van der Waals surface area contributed by atoms with Gasteiger partial charge in [-0.2, -0.15) is 0 Å². The Hall–Kier alpha value is -0.240. The number of hydrogen-bond donors (Lipinski definition) is 1. The first-order chi connectivity index (χ1) is 10.2. The number of likely N-dealkylation sites (N-methyl/N-ethyl adjacent to an activating group) is 2. The summed E-state index contributed by atoms with van der Waals surface area (Å²) in [6.45, 7) is 16.6. The average Bonchev–Trinajstić information content (AvgIpc) is 2.52. The van der Waals surface area contributed by atoms with E-state index in [-0.39, 0.29) is 11.7 Å². The highest BCUT2D eigenvalue weighted by Gasteiger charge is 2.21. The van der Waals surface area contributed by atoms with E-state index in [2.05, 4.69) is 33.4 Å². The number of fused-ring (bicyclic) bond motifs is 3. The normalized spacial score (nSPS) is 33.1. The fraction of sp³-hybridized carbons (Fsp3) is 1.00. The van der Waals surface area contributed by atoms with Crippen molar-refractivity contribution >= 4 is 0 Å². The fourth-order valence-electron chi connectivity index (χ4n) is 3.42. The molecule has 6 nitrogen and oxygen atoms in total. The molecule has 0 aromatic carbocycles. The van der Waals surface area contributed by atoms with Crippen LogP contribution in [0.15, 0.2) is 0 Å². The lowest BCUT2D eigenvalue weighted by Gasteiger charge is -2.37. The van der Waals surface area contributed by atoms with Crippen LogP contribution >= 0.6 is 0 Å². The summed E-state index contributed by atoms with van der Waals surface area (Å²) in [5.74, 6) is 0. The molecule has 3 atom stereocenters. The van der Waals surface area contributed by atoms with Crippen molar-refractivity contribution in [3.8, 4) is 0 Å². The summed E-state index contributed by atoms with van der Waals surface area (Å²) in [5.41, 5.74) is 0. The Balaban J connectivity index is 0.00000242. The van der Waals surface area contributed by atoms with Gasteiger partial charge in [0.1, 0.15) is 6.23 Å². The van der Waals surface area contributed by atoms with Crippen molar-refractivity contribution < 1.29 is 10.6 Å². The Morgan fingerprint density at radius 2 is 1.36 bits per heavy atom. The van der Waals surface area contributed by atoms with E-state index < -0.39 is 0 Å². The Morgan fingerprint density at radius 1 is 0.773 bits per heavy atom. The van der Waals surface area contributed by atoms with E-state index in [4.69, 9.17) is 0 Å². The first-order valence-electron chi connectivity index (χ1n) is 8.82. The zero-order valence-electron chi connectivity index (χ0n) is 14.5. The van der Waals surface area contributed by atoms with Gasteiger partial charge in [-0.1, -0.05) is 13.8 Å². The summed E-state index contributed by atoms with van der Waals surface area (Å²) >= 11 is 0. The van der Waals surface area contributed by atoms with Crippen LogP contribution in [0.1, 0.15) is 26.7 Å². The molecule has 2 aliphatic rings. The van der Waals surface area contributed by atoms with Crippen LogP contribution in [0.2, 0.25) is 0 Å². The maximum absolute atomic E-state index is 10.5. The van der Waals surface area contributed by atoms with Crippen LogP contribution in [0.25, 0.3) is 0 Å². The fourth-order valence-corrected chi connectivity index (χ4v) is 3.42. The molecule has 0 aromatic rings. The zero-order valence-corrected chi connectivity index (χ0v) is 14.5. The van der Waals surface area contributed by atoms with Crippen molar-refractivity contribution in [1.29, 1.82) is 0 Å². The molecule has 22 heavy (non-hydrogen) atoms. The molecule has 0 spiro atoms. The van der Waals surface area contributed by atoms with Gasteiger partial charge in [-0.05, 0) is 39.0 Å². The quantitative estimate of drug-likeness (QED) is 0.746. The standard InChI is InChI=1S/C16H34N4O.H2O/c1-3-17-7-5-8-19-11-10-18(4-2)9-6-16(21)20(14-12-17)15-13-19;/h16,21H,3-15H2,1-2H3;1H2. The largest absolute Gasteiger partial charge is 0.412 e. The highest BCUT2D eigenvalue weighted by Crippen LogP contribution is 2.09. The van der Waals surface area contributed by atoms with Crippen LogP contribution in [0.5, 0.6) is 0 Å². The van der Waals surface area contributed by atoms with Gasteiger partial charge in [0.15, 0.2) is 0 Å². The van der Waals surface area contributed by atoms with Crippen LogP contribution < -0.4 is 0 Å². The van der Waals surface area contributed by atoms with Crippen LogP contribution in [0.4, 0.5) is 0 Å². The maximum Gasteiger partial charge on any atom is 0.108 e. The van der Waals surface area contributed by atoms with E-state index >= 15 is 0 Å². The third kappa shape index (κ3) is 6.10. The molecular formula is C16H36N4O2. The molecule has 0 radical (unpaired) electrons. The minimum absolute atomic E-state index is 0. The number of aliphatic hydroxyl groups excluding tert-OH is 1. The maximum atomic E-state index is 10.5. The molecule has 2 saturated heterocycles. The van der Waals surface area contributed by atoms with Gasteiger partial charge in [0.25, 0.3) is 0 Å². The predicted octanol–water partition coefficient (Wildman–Crippen LogP) is -0.465. The molecular weight excluding hydrogens is 280 g/mol. The smallest absolute Gasteiger partial charge is 0.108 e. The van der Waals surface area contributed by atoms with E-state index in [9.17, 15) is 5.11 Å². The van der Waals surface area contributed by atoms with Gasteiger partial charge in [-0.3, -0.25) is 4.90 Å². The van der Waals surface area contributed by atoms with Crippen molar-refractivity contribution in [3.63, 3.8) is 0 Å². The second-order valence-corrected chi connectivity index (χ2v) is 6.37. The first kappa shape index (κ1) is 19.8. The van der Waals surface area contributed by atoms with Crippen molar-refractivity contribution in [3.05, 3.63) is 0 Å². The van der Waals surface area contributed by atoms with E-state index in [1.54, 1.807) is 0 Å². The number of hydrogen-bond acceptors (Lipinski definition) is 5. The second-order valence-electron chi connectivity index (χ2n) is 6.37. The highest BCUT2D eigenvalue weighted by molar-refractivity contribution is 4.75. The zero-order chi connectivity index (χ0) is 15.1. The predicted molar refractivity (Wildman–Crippen MR) is 91.1 cm³/mol. The molecule has 0 aromatic heterocycles. The van der Waals surface area contributed by atoms with Crippen LogP contribution in [-0.2, 0) is 0 Å². The molecule has 2 rings (SSSR count). The average molecular weight is 316 g/mol. The third-order valence-electron chi connectivity index (χ3n) is 5.11. The molecule has 0 aliphatic carbocycles. The Bertz CT molecular complexity index is 289. The molecule has 132 valence electrons. The minimum atomic E-state index is -0.280. The molecule has 3 N–H and O–H groups in total. The van der Waals surface area contributed by atoms with Crippen molar-refractivity contribution in [2.24, 2.45) is 0 Å². The van der Waals surface area contributed by atoms with E-state index in [1.165, 1.54) is 26.1 Å². The Kier molecular flexibility index (Phi) is 9.47. The molecule has 2 bridgehead atoms. The SMILES string of the molecule is CCN1CCC(O)N2CCN(CC)CCCN(CC1)CC2.O. The monoisotopic (exact) mass is 316 g/mol. The lowest BCUT2D eigenvalue weighted by Crippen LogP contribution is -2.50. The van der Waals surface area contributed by atoms with E-state index in [0.717, 1.165) is 58.8 Å². The third-order valence-corrected chi connectivity index (χ3v) is 5.11. The summed E-state index contributed by atoms with van der Waals surface area (Å²) in [5, 5.41) is 10.5. The van der Waals surface area contributed by atoms with Gasteiger partial charge in [0.05, 0.1) is 0 Å². The molecule has 2 fully saturated rings. The highest BCUT2D eigenvalue weighted by atomic mass is 16.3. The lowest BCUT2D eigenvalue weighted by atomic mass is 10.2. The van der Waals surface area contributed by atoms with Gasteiger partial charge >= 0.3 is 0 Å². The summed E-state index contributed by atoms with van der Waals surface area (Å²) in [4.78, 5) is 9.88. The lowest BCUT2D eigenvalue weighted by molar-refractivity contribution is -0.0256. The Morgan fingerprint density at radius 3 is 2.09 bits per heavy atom. The number of aliphatic hydroxyl groups is 1. The molecule has 0 saturated carbocycles. The summed E-state index contributed by atoms with van der Waals surface area (Å²) in [6, 6.07) is 0. The van der Waals surface area contributed by atoms with Gasteiger partial charge in [-0.25, -0.2) is 0 Å². The molecule has 2 heterocycles. The van der Waals surface area contributed by atoms with Crippen LogP contribution in [0, 0.1) is 0 Å². The second kappa shape index (κ2) is 10.5. The van der Waals surface area contributed by atoms with Crippen molar-refractivity contribution in [2.45, 2.75) is 32.9 Å². The Labute approximate surface area is 136 Å². The van der Waals surface area contributed by atoms with E-state index in [1.807, 2.05) is 0 Å². The number of nitrogens with zero attached hydrogens (tertiary/aromatic N) is 4. The van der Waals surface area contributed by atoms with Gasteiger partial charge in [0, 0.05) is 45.8 Å². The summed E-state index contributed by atoms with van der Waals surface area (Å²) < 4.78 is 0. The van der Waals surface area contributed by atoms with E-state index in [0.29, 0.717) is 0 Å². The van der Waals surface area contributed by atoms with Crippen molar-refractivity contribution in [2.75, 3.05) is 72.0 Å². The minimum Gasteiger partial charge on any atom is -0.412 e. The summed E-state index contributed by atoms with van der Waals surface area (Å²) in [6.07, 6.45) is 1.86. The van der Waals surface area contributed by atoms with Gasteiger partial charge < -0.3 is 25.3 Å². The van der Waals surface area contributed by atoms with Gasteiger partial charge in [0.2, 0.25) is 0 Å². The number of rotatable bonds is 2. The topological polar surface area (TPSA) is 64.7 Å². The first-order valence-corrected chi connectivity index (χ1v) is 8.82. The molecule has 2 aliphatic heterocycles. The molecule has 3 unspecified atom stereocenters. The molecule has 0 amide bonds. The summed E-state index contributed by atoms with van der Waals surface area (Å²) in [7, 11) is 0. The van der Waals surface area contributed by atoms with Crippen LogP contribution in [0.3, 0.4) is 0 Å². The molecule has 6 heteroatoms.